The van der Waals surface area contributed by atoms with Gasteiger partial charge in [-0.15, -0.1) is 0 Å². The summed E-state index contributed by atoms with van der Waals surface area (Å²) < 4.78 is 94.0. The lowest BCUT2D eigenvalue weighted by Crippen LogP contribution is -2.48. The van der Waals surface area contributed by atoms with Gasteiger partial charge in [-0.05, 0) is 73.7 Å². The number of halogens is 7. The molecule has 1 fully saturated rings. The first-order valence-electron chi connectivity index (χ1n) is 11.7. The molecule has 0 aromatic heterocycles. The number of hydrogen-bond acceptors (Lipinski definition) is 3. The highest BCUT2D eigenvalue weighted by Crippen LogP contribution is 2.41. The van der Waals surface area contributed by atoms with Crippen molar-refractivity contribution < 1.29 is 40.3 Å². The van der Waals surface area contributed by atoms with E-state index in [2.05, 4.69) is 0 Å². The molecule has 0 spiro atoms. The summed E-state index contributed by atoms with van der Waals surface area (Å²) in [6.45, 7) is 4.65. The molecule has 3 rings (SSSR count). The molecule has 0 aliphatic carbocycles. The minimum absolute atomic E-state index is 0.0445. The standard InChI is InChI=1S/C26H27F7N2O2S/c1-14-9-20(27)5-6-22(14)23-13-21(38-16(3)36)7-8-35(23)24(37)34(4)15(2)17-10-18(25(28,29)30)12-19(11-17)26(31,32)33/h5-6,9-12,15,21,23H,7-8,13H2,1-4H3/t15-,21-,23+/m0/s1. The summed E-state index contributed by atoms with van der Waals surface area (Å²) in [6.07, 6.45) is -9.21. The second kappa shape index (κ2) is 11.2. The zero-order chi connectivity index (χ0) is 28.6. The minimum Gasteiger partial charge on any atom is -0.321 e. The van der Waals surface area contributed by atoms with Crippen molar-refractivity contribution in [2.24, 2.45) is 0 Å². The van der Waals surface area contributed by atoms with Gasteiger partial charge in [-0.2, -0.15) is 26.3 Å². The van der Waals surface area contributed by atoms with Crippen molar-refractivity contribution in [3.8, 4) is 0 Å². The summed E-state index contributed by atoms with van der Waals surface area (Å²) in [5.41, 5.74) is -2.02. The minimum atomic E-state index is -5.01. The van der Waals surface area contributed by atoms with Crippen LogP contribution in [0, 0.1) is 12.7 Å². The first kappa shape index (κ1) is 29.8. The van der Waals surface area contributed by atoms with Crippen LogP contribution in [-0.4, -0.2) is 39.8 Å². The quantitative estimate of drug-likeness (QED) is 0.356. The van der Waals surface area contributed by atoms with Gasteiger partial charge < -0.3 is 9.80 Å². The van der Waals surface area contributed by atoms with Crippen LogP contribution in [-0.2, 0) is 17.1 Å². The first-order chi connectivity index (χ1) is 17.5. The lowest BCUT2D eigenvalue weighted by atomic mass is 9.92. The molecule has 0 unspecified atom stereocenters. The molecule has 2 amide bonds. The topological polar surface area (TPSA) is 40.6 Å². The number of carbonyl (C=O) groups excluding carboxylic acids is 2. The normalized spacial score (nSPS) is 19.3. The smallest absolute Gasteiger partial charge is 0.321 e. The van der Waals surface area contributed by atoms with E-state index in [0.717, 1.165) is 16.7 Å². The number of alkyl halides is 6. The van der Waals surface area contributed by atoms with Crippen LogP contribution < -0.4 is 0 Å². The molecule has 2 aromatic rings. The molecule has 0 bridgehead atoms. The summed E-state index contributed by atoms with van der Waals surface area (Å²) in [7, 11) is 1.31. The number of hydrogen-bond donors (Lipinski definition) is 0. The molecule has 12 heteroatoms. The number of aryl methyl sites for hydroxylation is 1. The van der Waals surface area contributed by atoms with Crippen LogP contribution in [0.5, 0.6) is 0 Å². The van der Waals surface area contributed by atoms with Gasteiger partial charge in [0.2, 0.25) is 0 Å². The van der Waals surface area contributed by atoms with Crippen molar-refractivity contribution in [2.75, 3.05) is 13.6 Å². The molecular weight excluding hydrogens is 537 g/mol. The van der Waals surface area contributed by atoms with Gasteiger partial charge in [0, 0.05) is 25.8 Å². The third kappa shape index (κ3) is 6.81. The van der Waals surface area contributed by atoms with Gasteiger partial charge in [-0.3, -0.25) is 4.79 Å². The number of thioether (sulfide) groups is 1. The fourth-order valence-corrected chi connectivity index (χ4v) is 5.59. The highest BCUT2D eigenvalue weighted by atomic mass is 32.2. The van der Waals surface area contributed by atoms with E-state index in [0.29, 0.717) is 36.1 Å². The summed E-state index contributed by atoms with van der Waals surface area (Å²) in [5, 5.41) is -0.216. The van der Waals surface area contributed by atoms with E-state index < -0.39 is 47.4 Å². The largest absolute Gasteiger partial charge is 0.416 e. The maximum atomic E-state index is 13.8. The van der Waals surface area contributed by atoms with Gasteiger partial charge >= 0.3 is 18.4 Å². The van der Waals surface area contributed by atoms with Crippen LogP contribution in [0.4, 0.5) is 35.5 Å². The Morgan fingerprint density at radius 2 is 1.61 bits per heavy atom. The Hall–Kier alpha value is -2.76. The molecule has 2 aromatic carbocycles. The SMILES string of the molecule is CC(=O)S[C@H]1CCN(C(=O)N(C)[C@@H](C)c2cc(C(F)(F)F)cc(C(F)(F)F)c2)[C@@H](c2ccc(F)cc2C)C1. The average molecular weight is 565 g/mol. The monoisotopic (exact) mass is 564 g/mol. The molecule has 0 N–H and O–H groups in total. The predicted molar refractivity (Wildman–Crippen MR) is 130 cm³/mol. The van der Waals surface area contributed by atoms with E-state index >= 15 is 0 Å². The molecule has 4 nitrogen and oxygen atoms in total. The second-order valence-electron chi connectivity index (χ2n) is 9.37. The molecular formula is C26H27F7N2O2S. The second-order valence-corrected chi connectivity index (χ2v) is 10.9. The molecule has 0 saturated carbocycles. The number of likely N-dealkylation sites (tertiary alicyclic amines) is 1. The Bertz CT molecular complexity index is 1170. The van der Waals surface area contributed by atoms with Crippen LogP contribution in [0.2, 0.25) is 0 Å². The summed E-state index contributed by atoms with van der Waals surface area (Å²) in [5.74, 6) is -0.467. The zero-order valence-electron chi connectivity index (χ0n) is 21.1. The van der Waals surface area contributed by atoms with Crippen molar-refractivity contribution in [3.05, 3.63) is 70.0 Å². The van der Waals surface area contributed by atoms with Crippen molar-refractivity contribution in [2.45, 2.75) is 63.3 Å². The third-order valence-corrected chi connectivity index (χ3v) is 7.79. The molecule has 1 saturated heterocycles. The summed E-state index contributed by atoms with van der Waals surface area (Å²) >= 11 is 1.14. The Balaban J connectivity index is 1.97. The highest BCUT2D eigenvalue weighted by molar-refractivity contribution is 8.14. The number of piperidine rings is 1. The maximum Gasteiger partial charge on any atom is 0.416 e. The number of urea groups is 1. The van der Waals surface area contributed by atoms with E-state index in [-0.39, 0.29) is 28.5 Å². The Morgan fingerprint density at radius 3 is 2.11 bits per heavy atom. The van der Waals surface area contributed by atoms with Crippen LogP contribution in [0.3, 0.4) is 0 Å². The van der Waals surface area contributed by atoms with Crippen LogP contribution >= 0.6 is 11.8 Å². The molecule has 208 valence electrons. The molecule has 1 aliphatic heterocycles. The molecule has 3 atom stereocenters. The van der Waals surface area contributed by atoms with E-state index in [4.69, 9.17) is 0 Å². The van der Waals surface area contributed by atoms with Crippen molar-refractivity contribution in [3.63, 3.8) is 0 Å². The maximum absolute atomic E-state index is 13.8. The number of rotatable bonds is 4. The van der Waals surface area contributed by atoms with E-state index in [1.54, 1.807) is 13.0 Å². The van der Waals surface area contributed by atoms with Gasteiger partial charge in [0.25, 0.3) is 0 Å². The highest BCUT2D eigenvalue weighted by Gasteiger charge is 2.39. The van der Waals surface area contributed by atoms with E-state index in [9.17, 15) is 40.3 Å². The van der Waals surface area contributed by atoms with Crippen LogP contribution in [0.1, 0.15) is 66.6 Å². The van der Waals surface area contributed by atoms with Gasteiger partial charge in [0.05, 0.1) is 23.2 Å². The van der Waals surface area contributed by atoms with Crippen molar-refractivity contribution >= 4 is 22.9 Å². The van der Waals surface area contributed by atoms with E-state index in [1.807, 2.05) is 0 Å². The molecule has 0 radical (unpaired) electrons. The van der Waals surface area contributed by atoms with E-state index in [1.165, 1.54) is 37.9 Å². The molecule has 1 aliphatic rings. The van der Waals surface area contributed by atoms with Gasteiger partial charge in [0.15, 0.2) is 5.12 Å². The Kier molecular flexibility index (Phi) is 8.74. The third-order valence-electron chi connectivity index (χ3n) is 6.70. The number of nitrogens with zero attached hydrogens (tertiary/aromatic N) is 2. The fraction of sp³-hybridized carbons (Fsp3) is 0.462. The first-order valence-corrected chi connectivity index (χ1v) is 12.6. The Morgan fingerprint density at radius 1 is 1.03 bits per heavy atom. The number of benzene rings is 2. The predicted octanol–water partition coefficient (Wildman–Crippen LogP) is 7.77. The van der Waals surface area contributed by atoms with Crippen molar-refractivity contribution in [1.82, 2.24) is 9.80 Å². The summed E-state index contributed by atoms with van der Waals surface area (Å²) in [4.78, 5) is 27.9. The molecule has 1 heterocycles. The lowest BCUT2D eigenvalue weighted by Gasteiger charge is -2.42. The Labute approximate surface area is 220 Å². The zero-order valence-corrected chi connectivity index (χ0v) is 21.9. The lowest BCUT2D eigenvalue weighted by molar-refractivity contribution is -0.143. The van der Waals surface area contributed by atoms with Crippen LogP contribution in [0.25, 0.3) is 0 Å². The van der Waals surface area contributed by atoms with Crippen molar-refractivity contribution in [1.29, 1.82) is 0 Å². The summed E-state index contributed by atoms with van der Waals surface area (Å²) in [6, 6.07) is 3.06. The van der Waals surface area contributed by atoms with Crippen LogP contribution in [0.15, 0.2) is 36.4 Å². The fourth-order valence-electron chi connectivity index (χ4n) is 4.62. The number of carbonyl (C=O) groups is 2. The van der Waals surface area contributed by atoms with Gasteiger partial charge in [-0.1, -0.05) is 17.8 Å². The average Bonchev–Trinajstić information content (AvgIpc) is 2.81. The van der Waals surface area contributed by atoms with Gasteiger partial charge in [0.1, 0.15) is 5.82 Å². The van der Waals surface area contributed by atoms with Gasteiger partial charge in [-0.25, -0.2) is 9.18 Å². The molecule has 38 heavy (non-hydrogen) atoms. The number of amides is 2.